The first kappa shape index (κ1) is 32.2. The molecule has 0 radical (unpaired) electrons. The van der Waals surface area contributed by atoms with Crippen LogP contribution in [0, 0.1) is 5.82 Å². The van der Waals surface area contributed by atoms with Crippen LogP contribution in [0.2, 0.25) is 10.0 Å². The molecule has 3 aliphatic heterocycles. The third-order valence-electron chi connectivity index (χ3n) is 8.75. The van der Waals surface area contributed by atoms with E-state index >= 15 is 0 Å². The van der Waals surface area contributed by atoms with Crippen molar-refractivity contribution in [1.82, 2.24) is 20.0 Å². The molecule has 2 aromatic rings. The van der Waals surface area contributed by atoms with Crippen molar-refractivity contribution in [3.63, 3.8) is 0 Å². The average molecular weight is 648 g/mol. The molecule has 3 aliphatic rings. The third-order valence-corrected chi connectivity index (χ3v) is 9.53. The van der Waals surface area contributed by atoms with Crippen LogP contribution in [-0.2, 0) is 32.1 Å². The largest absolute Gasteiger partial charge is 0.342 e. The molecule has 0 aromatic heterocycles. The van der Waals surface area contributed by atoms with Gasteiger partial charge in [-0.2, -0.15) is 0 Å². The SMILES string of the molecule is NCC[C@H](NC(=O)[C@@H]1Cc2ccccc2CN1C(=O)CCC(=O)N1CCN2CCC[C@@H]2C1)C(=O)Nc1ccc(Cl)c(Cl)c1F. The second-order valence-corrected chi connectivity index (χ2v) is 12.3. The Balaban J connectivity index is 1.26. The van der Waals surface area contributed by atoms with Crippen LogP contribution in [0.4, 0.5) is 10.1 Å². The highest BCUT2D eigenvalue weighted by Crippen LogP contribution is 2.30. The van der Waals surface area contributed by atoms with Gasteiger partial charge in [0.2, 0.25) is 23.6 Å². The summed E-state index contributed by atoms with van der Waals surface area (Å²) in [6.07, 6.45) is 2.57. The third kappa shape index (κ3) is 7.17. The summed E-state index contributed by atoms with van der Waals surface area (Å²) >= 11 is 11.7. The van der Waals surface area contributed by atoms with Crippen molar-refractivity contribution in [2.75, 3.05) is 38.0 Å². The summed E-state index contributed by atoms with van der Waals surface area (Å²) in [6, 6.07) is 8.55. The summed E-state index contributed by atoms with van der Waals surface area (Å²) in [7, 11) is 0. The van der Waals surface area contributed by atoms with E-state index in [-0.39, 0.29) is 66.3 Å². The zero-order valence-electron chi connectivity index (χ0n) is 24.4. The fourth-order valence-electron chi connectivity index (χ4n) is 6.30. The van der Waals surface area contributed by atoms with Gasteiger partial charge in [0.15, 0.2) is 5.82 Å². The molecule has 4 N–H and O–H groups in total. The summed E-state index contributed by atoms with van der Waals surface area (Å²) in [6.45, 7) is 3.53. The molecule has 236 valence electrons. The maximum atomic E-state index is 14.6. The van der Waals surface area contributed by atoms with Gasteiger partial charge in [-0.3, -0.25) is 24.1 Å². The van der Waals surface area contributed by atoms with Crippen molar-refractivity contribution in [3.05, 3.63) is 63.4 Å². The zero-order valence-corrected chi connectivity index (χ0v) is 25.9. The van der Waals surface area contributed by atoms with Gasteiger partial charge in [-0.1, -0.05) is 47.5 Å². The number of amides is 4. The first-order valence-corrected chi connectivity index (χ1v) is 15.7. The van der Waals surface area contributed by atoms with E-state index in [4.69, 9.17) is 28.9 Å². The van der Waals surface area contributed by atoms with E-state index in [9.17, 15) is 23.6 Å². The van der Waals surface area contributed by atoms with Crippen molar-refractivity contribution >= 4 is 52.5 Å². The Kier molecular flexibility index (Phi) is 10.4. The van der Waals surface area contributed by atoms with E-state index < -0.39 is 29.7 Å². The van der Waals surface area contributed by atoms with Crippen molar-refractivity contribution in [1.29, 1.82) is 0 Å². The molecule has 44 heavy (non-hydrogen) atoms. The van der Waals surface area contributed by atoms with Gasteiger partial charge in [-0.15, -0.1) is 0 Å². The fraction of sp³-hybridized carbons (Fsp3) is 0.484. The molecule has 0 saturated carbocycles. The average Bonchev–Trinajstić information content (AvgIpc) is 3.51. The lowest BCUT2D eigenvalue weighted by atomic mass is 9.92. The summed E-state index contributed by atoms with van der Waals surface area (Å²) in [5.74, 6) is -2.50. The second kappa shape index (κ2) is 14.2. The van der Waals surface area contributed by atoms with E-state index in [0.29, 0.717) is 19.1 Å². The zero-order chi connectivity index (χ0) is 31.4. The lowest BCUT2D eigenvalue weighted by molar-refractivity contribution is -0.144. The van der Waals surface area contributed by atoms with E-state index in [1.54, 1.807) is 0 Å². The van der Waals surface area contributed by atoms with Gasteiger partial charge in [0.1, 0.15) is 12.1 Å². The molecule has 10 nitrogen and oxygen atoms in total. The fourth-order valence-corrected chi connectivity index (χ4v) is 6.61. The molecule has 13 heteroatoms. The number of hydrogen-bond donors (Lipinski definition) is 3. The Morgan fingerprint density at radius 3 is 2.52 bits per heavy atom. The number of nitrogens with two attached hydrogens (primary N) is 1. The van der Waals surface area contributed by atoms with E-state index in [1.165, 1.54) is 17.0 Å². The van der Waals surface area contributed by atoms with Gasteiger partial charge in [-0.05, 0) is 55.6 Å². The van der Waals surface area contributed by atoms with Crippen LogP contribution in [-0.4, -0.2) is 89.2 Å². The molecule has 4 amide bonds. The molecule has 2 fully saturated rings. The molecule has 0 spiro atoms. The minimum atomic E-state index is -1.11. The topological polar surface area (TPSA) is 128 Å². The molecule has 0 unspecified atom stereocenters. The number of nitrogens with zero attached hydrogens (tertiary/aromatic N) is 3. The molecule has 5 rings (SSSR count). The Morgan fingerprint density at radius 2 is 1.75 bits per heavy atom. The number of fused-ring (bicyclic) bond motifs is 2. The number of carbonyl (C=O) groups is 4. The minimum Gasteiger partial charge on any atom is -0.342 e. The predicted octanol–water partition coefficient (Wildman–Crippen LogP) is 2.94. The molecule has 3 atom stereocenters. The summed E-state index contributed by atoms with van der Waals surface area (Å²) in [4.78, 5) is 59.2. The number of halogens is 3. The first-order chi connectivity index (χ1) is 21.2. The van der Waals surface area contributed by atoms with Gasteiger partial charge in [-0.25, -0.2) is 4.39 Å². The van der Waals surface area contributed by atoms with Crippen LogP contribution in [0.25, 0.3) is 0 Å². The van der Waals surface area contributed by atoms with Gasteiger partial charge in [0, 0.05) is 51.5 Å². The summed E-state index contributed by atoms with van der Waals surface area (Å²) < 4.78 is 14.6. The van der Waals surface area contributed by atoms with Gasteiger partial charge < -0.3 is 26.2 Å². The molecule has 0 aliphatic carbocycles. The number of anilines is 1. The predicted molar refractivity (Wildman–Crippen MR) is 166 cm³/mol. The molecule has 2 aromatic carbocycles. The van der Waals surface area contributed by atoms with Crippen LogP contribution in [0.15, 0.2) is 36.4 Å². The molecule has 3 heterocycles. The monoisotopic (exact) mass is 646 g/mol. The standard InChI is InChI=1S/C31H37Cl2FN6O4/c32-22-7-8-23(29(34)28(22)33)36-30(43)24(11-12-35)37-31(44)25-16-19-4-1-2-5-20(19)17-40(25)27(42)10-9-26(41)39-15-14-38-13-3-6-21(38)18-39/h1-2,4-5,7-8,21,24-25H,3,6,9-18,35H2,(H,36,43)(H,37,44)/t21-,24+,25+/m1/s1. The van der Waals surface area contributed by atoms with Crippen molar-refractivity contribution in [2.24, 2.45) is 5.73 Å². The normalized spacial score (nSPS) is 20.5. The smallest absolute Gasteiger partial charge is 0.247 e. The first-order valence-electron chi connectivity index (χ1n) is 15.0. The molecule has 0 bridgehead atoms. The van der Waals surface area contributed by atoms with E-state index in [2.05, 4.69) is 15.5 Å². The lowest BCUT2D eigenvalue weighted by Gasteiger charge is -2.38. The highest BCUT2D eigenvalue weighted by Gasteiger charge is 2.37. The highest BCUT2D eigenvalue weighted by molar-refractivity contribution is 6.42. The lowest BCUT2D eigenvalue weighted by Crippen LogP contribution is -2.56. The molecular formula is C31H37Cl2FN6O4. The quantitative estimate of drug-likeness (QED) is 0.360. The Bertz CT molecular complexity index is 1430. The number of benzene rings is 2. The maximum Gasteiger partial charge on any atom is 0.247 e. The van der Waals surface area contributed by atoms with Gasteiger partial charge in [0.05, 0.1) is 15.7 Å². The number of rotatable bonds is 9. The van der Waals surface area contributed by atoms with E-state index in [0.717, 1.165) is 37.1 Å². The van der Waals surface area contributed by atoms with Crippen molar-refractivity contribution in [3.8, 4) is 0 Å². The summed E-state index contributed by atoms with van der Waals surface area (Å²) in [5.41, 5.74) is 7.38. The van der Waals surface area contributed by atoms with Crippen molar-refractivity contribution < 1.29 is 23.6 Å². The highest BCUT2D eigenvalue weighted by atomic mass is 35.5. The minimum absolute atomic E-state index is 0.00518. The van der Waals surface area contributed by atoms with Gasteiger partial charge in [0.25, 0.3) is 0 Å². The Labute approximate surface area is 266 Å². The van der Waals surface area contributed by atoms with Crippen LogP contribution in [0.5, 0.6) is 0 Å². The van der Waals surface area contributed by atoms with Crippen LogP contribution in [0.3, 0.4) is 0 Å². The Hall–Kier alpha value is -3.25. The Morgan fingerprint density at radius 1 is 1.00 bits per heavy atom. The number of hydrogen-bond acceptors (Lipinski definition) is 6. The van der Waals surface area contributed by atoms with E-state index in [1.807, 2.05) is 29.2 Å². The van der Waals surface area contributed by atoms with Crippen molar-refractivity contribution in [2.45, 2.75) is 63.2 Å². The molecular weight excluding hydrogens is 610 g/mol. The van der Waals surface area contributed by atoms with Crippen LogP contribution in [0.1, 0.15) is 43.2 Å². The second-order valence-electron chi connectivity index (χ2n) is 11.5. The maximum absolute atomic E-state index is 14.6. The van der Waals surface area contributed by atoms with Crippen LogP contribution >= 0.6 is 23.2 Å². The number of nitrogens with one attached hydrogen (secondary N) is 2. The van der Waals surface area contributed by atoms with Crippen LogP contribution < -0.4 is 16.4 Å². The number of carbonyl (C=O) groups excluding carboxylic acids is 4. The summed E-state index contributed by atoms with van der Waals surface area (Å²) in [5, 5.41) is 4.83. The van der Waals surface area contributed by atoms with Gasteiger partial charge >= 0.3 is 0 Å². The number of piperazine rings is 1. The molecule has 2 saturated heterocycles.